The van der Waals surface area contributed by atoms with Crippen LogP contribution in [-0.2, 0) is 11.2 Å². The monoisotopic (exact) mass is 359 g/mol. The highest BCUT2D eigenvalue weighted by Gasteiger charge is 2.23. The van der Waals surface area contributed by atoms with Gasteiger partial charge in [-0.15, -0.1) is 11.3 Å². The number of thiophene rings is 1. The van der Waals surface area contributed by atoms with Gasteiger partial charge in [0.2, 0.25) is 5.91 Å². The van der Waals surface area contributed by atoms with Gasteiger partial charge in [-0.25, -0.2) is 4.79 Å². The van der Waals surface area contributed by atoms with Gasteiger partial charge in [-0.3, -0.25) is 4.79 Å². The standard InChI is InChI=1S/C20H25NO3S/c1-3-14(4-2)19(17-10-7-13-25-17)21-18(22)12-11-15-8-5-6-9-16(15)20(23)24/h5-10,13-14,19H,3-4,11-12H2,1-2H3,(H,21,22)(H,23,24). The number of hydrogen-bond donors (Lipinski definition) is 2. The van der Waals surface area contributed by atoms with Crippen LogP contribution in [0.5, 0.6) is 0 Å². The van der Waals surface area contributed by atoms with Gasteiger partial charge in [0, 0.05) is 11.3 Å². The number of hydrogen-bond acceptors (Lipinski definition) is 3. The molecule has 2 N–H and O–H groups in total. The average Bonchev–Trinajstić information content (AvgIpc) is 3.14. The number of carbonyl (C=O) groups excluding carboxylic acids is 1. The molecule has 1 aromatic carbocycles. The number of nitrogens with one attached hydrogen (secondary N) is 1. The Balaban J connectivity index is 2.03. The maximum atomic E-state index is 12.5. The molecule has 0 spiro atoms. The SMILES string of the molecule is CCC(CC)C(NC(=O)CCc1ccccc1C(=O)O)c1cccs1. The smallest absolute Gasteiger partial charge is 0.335 e. The van der Waals surface area contributed by atoms with E-state index in [1.165, 1.54) is 4.88 Å². The lowest BCUT2D eigenvalue weighted by atomic mass is 9.92. The zero-order valence-corrected chi connectivity index (χ0v) is 15.5. The summed E-state index contributed by atoms with van der Waals surface area (Å²) >= 11 is 1.66. The van der Waals surface area contributed by atoms with Gasteiger partial charge < -0.3 is 10.4 Å². The Morgan fingerprint density at radius 3 is 2.44 bits per heavy atom. The molecule has 0 saturated carbocycles. The molecule has 0 aliphatic heterocycles. The van der Waals surface area contributed by atoms with Gasteiger partial charge in [-0.2, -0.15) is 0 Å². The first-order valence-electron chi connectivity index (χ1n) is 8.70. The van der Waals surface area contributed by atoms with Gasteiger partial charge in [0.05, 0.1) is 11.6 Å². The molecule has 0 saturated heterocycles. The number of amides is 1. The molecule has 0 bridgehead atoms. The fourth-order valence-electron chi connectivity index (χ4n) is 3.09. The summed E-state index contributed by atoms with van der Waals surface area (Å²) in [6, 6.07) is 10.9. The Kier molecular flexibility index (Phi) is 7.19. The maximum Gasteiger partial charge on any atom is 0.335 e. The van der Waals surface area contributed by atoms with Crippen molar-refractivity contribution >= 4 is 23.2 Å². The van der Waals surface area contributed by atoms with Gasteiger partial charge in [0.1, 0.15) is 0 Å². The number of carbonyl (C=O) groups is 2. The molecule has 2 rings (SSSR count). The molecule has 134 valence electrons. The van der Waals surface area contributed by atoms with E-state index in [2.05, 4.69) is 25.2 Å². The summed E-state index contributed by atoms with van der Waals surface area (Å²) in [5.74, 6) is -0.594. The van der Waals surface area contributed by atoms with Crippen molar-refractivity contribution in [1.29, 1.82) is 0 Å². The Morgan fingerprint density at radius 2 is 1.84 bits per heavy atom. The van der Waals surface area contributed by atoms with E-state index in [0.29, 0.717) is 17.9 Å². The lowest BCUT2D eigenvalue weighted by Gasteiger charge is -2.25. The highest BCUT2D eigenvalue weighted by molar-refractivity contribution is 7.10. The molecule has 5 heteroatoms. The van der Waals surface area contributed by atoms with Crippen LogP contribution < -0.4 is 5.32 Å². The molecule has 2 aromatic rings. The number of benzene rings is 1. The van der Waals surface area contributed by atoms with Crippen LogP contribution in [0.4, 0.5) is 0 Å². The molecular formula is C20H25NO3S. The molecule has 4 nitrogen and oxygen atoms in total. The van der Waals surface area contributed by atoms with E-state index in [1.807, 2.05) is 11.4 Å². The number of carboxylic acid groups (broad SMARTS) is 1. The summed E-state index contributed by atoms with van der Waals surface area (Å²) < 4.78 is 0. The van der Waals surface area contributed by atoms with Crippen LogP contribution in [0.3, 0.4) is 0 Å². The predicted octanol–water partition coefficient (Wildman–Crippen LogP) is 4.67. The van der Waals surface area contributed by atoms with Gasteiger partial charge in [0.25, 0.3) is 0 Å². The molecule has 0 radical (unpaired) electrons. The van der Waals surface area contributed by atoms with Gasteiger partial charge in [-0.05, 0) is 35.4 Å². The van der Waals surface area contributed by atoms with Crippen LogP contribution in [0.15, 0.2) is 41.8 Å². The van der Waals surface area contributed by atoms with Crippen molar-refractivity contribution in [3.8, 4) is 0 Å². The zero-order valence-electron chi connectivity index (χ0n) is 14.7. The first kappa shape index (κ1) is 19.2. The first-order valence-corrected chi connectivity index (χ1v) is 9.58. The number of rotatable bonds is 9. The summed E-state index contributed by atoms with van der Waals surface area (Å²) in [4.78, 5) is 24.9. The van der Waals surface area contributed by atoms with Crippen molar-refractivity contribution in [2.45, 2.75) is 45.6 Å². The van der Waals surface area contributed by atoms with Crippen LogP contribution in [0.2, 0.25) is 0 Å². The van der Waals surface area contributed by atoms with Crippen LogP contribution in [0, 0.1) is 5.92 Å². The second-order valence-electron chi connectivity index (χ2n) is 6.10. The van der Waals surface area contributed by atoms with Crippen molar-refractivity contribution in [2.24, 2.45) is 5.92 Å². The molecule has 0 fully saturated rings. The topological polar surface area (TPSA) is 66.4 Å². The summed E-state index contributed by atoms with van der Waals surface area (Å²) in [5.41, 5.74) is 0.963. The summed E-state index contributed by atoms with van der Waals surface area (Å²) in [5, 5.41) is 14.4. The lowest BCUT2D eigenvalue weighted by Crippen LogP contribution is -2.33. The molecular weight excluding hydrogens is 334 g/mol. The predicted molar refractivity (Wildman–Crippen MR) is 101 cm³/mol. The van der Waals surface area contributed by atoms with E-state index in [4.69, 9.17) is 0 Å². The van der Waals surface area contributed by atoms with E-state index < -0.39 is 5.97 Å². The summed E-state index contributed by atoms with van der Waals surface area (Å²) in [7, 11) is 0. The zero-order chi connectivity index (χ0) is 18.2. The second kappa shape index (κ2) is 9.37. The average molecular weight is 359 g/mol. The molecule has 1 atom stereocenters. The molecule has 1 heterocycles. The molecule has 0 aliphatic carbocycles. The van der Waals surface area contributed by atoms with Crippen molar-refractivity contribution in [1.82, 2.24) is 5.32 Å². The van der Waals surface area contributed by atoms with E-state index in [1.54, 1.807) is 35.6 Å². The van der Waals surface area contributed by atoms with Crippen molar-refractivity contribution in [3.05, 3.63) is 57.8 Å². The molecule has 1 unspecified atom stereocenters. The normalized spacial score (nSPS) is 12.1. The summed E-state index contributed by atoms with van der Waals surface area (Å²) in [6.45, 7) is 4.29. The third-order valence-electron chi connectivity index (χ3n) is 4.56. The Labute approximate surface area is 152 Å². The maximum absolute atomic E-state index is 12.5. The second-order valence-corrected chi connectivity index (χ2v) is 7.08. The number of aromatic carboxylic acids is 1. The van der Waals surface area contributed by atoms with Gasteiger partial charge in [-0.1, -0.05) is 51.0 Å². The number of aryl methyl sites for hydroxylation is 1. The minimum absolute atomic E-state index is 0.0252. The highest BCUT2D eigenvalue weighted by Crippen LogP contribution is 2.30. The van der Waals surface area contributed by atoms with E-state index in [-0.39, 0.29) is 23.9 Å². The van der Waals surface area contributed by atoms with Crippen molar-refractivity contribution in [3.63, 3.8) is 0 Å². The minimum atomic E-state index is -0.954. The van der Waals surface area contributed by atoms with Crippen molar-refractivity contribution < 1.29 is 14.7 Å². The van der Waals surface area contributed by atoms with E-state index >= 15 is 0 Å². The largest absolute Gasteiger partial charge is 0.478 e. The highest BCUT2D eigenvalue weighted by atomic mass is 32.1. The van der Waals surface area contributed by atoms with Crippen LogP contribution in [0.25, 0.3) is 0 Å². The molecule has 25 heavy (non-hydrogen) atoms. The third kappa shape index (κ3) is 5.16. The van der Waals surface area contributed by atoms with Gasteiger partial charge in [0.15, 0.2) is 0 Å². The van der Waals surface area contributed by atoms with Gasteiger partial charge >= 0.3 is 5.97 Å². The number of carboxylic acids is 1. The molecule has 1 amide bonds. The van der Waals surface area contributed by atoms with Crippen LogP contribution in [-0.4, -0.2) is 17.0 Å². The minimum Gasteiger partial charge on any atom is -0.478 e. The Hall–Kier alpha value is -2.14. The quantitative estimate of drug-likeness (QED) is 0.683. The first-order chi connectivity index (χ1) is 12.1. The fourth-order valence-corrected chi connectivity index (χ4v) is 3.96. The Morgan fingerprint density at radius 1 is 1.12 bits per heavy atom. The third-order valence-corrected chi connectivity index (χ3v) is 5.51. The fraction of sp³-hybridized carbons (Fsp3) is 0.400. The van der Waals surface area contributed by atoms with E-state index in [0.717, 1.165) is 12.8 Å². The Bertz CT molecular complexity index is 693. The molecule has 0 aliphatic rings. The van der Waals surface area contributed by atoms with Crippen molar-refractivity contribution in [2.75, 3.05) is 0 Å². The van der Waals surface area contributed by atoms with E-state index in [9.17, 15) is 14.7 Å². The van der Waals surface area contributed by atoms with Crippen LogP contribution >= 0.6 is 11.3 Å². The molecule has 1 aromatic heterocycles. The summed E-state index contributed by atoms with van der Waals surface area (Å²) in [6.07, 6.45) is 2.71. The van der Waals surface area contributed by atoms with Crippen LogP contribution in [0.1, 0.15) is 60.0 Å². The lowest BCUT2D eigenvalue weighted by molar-refractivity contribution is -0.122.